The molecule has 2 N–H and O–H groups in total. The van der Waals surface area contributed by atoms with E-state index in [-0.39, 0.29) is 11.8 Å². The van der Waals surface area contributed by atoms with Crippen LogP contribution in [0, 0.1) is 5.92 Å². The van der Waals surface area contributed by atoms with Gasteiger partial charge in [-0.05, 0) is 78.0 Å². The molecular formula is C27H29ClN4O. The fourth-order valence-corrected chi connectivity index (χ4v) is 5.50. The average Bonchev–Trinajstić information content (AvgIpc) is 3.28. The van der Waals surface area contributed by atoms with Gasteiger partial charge in [0.1, 0.15) is 5.88 Å². The van der Waals surface area contributed by atoms with Crippen molar-refractivity contribution in [2.75, 3.05) is 23.1 Å². The van der Waals surface area contributed by atoms with E-state index in [0.29, 0.717) is 18.0 Å². The van der Waals surface area contributed by atoms with E-state index in [4.69, 9.17) is 11.6 Å². The van der Waals surface area contributed by atoms with Gasteiger partial charge < -0.3 is 10.6 Å². The Morgan fingerprint density at radius 3 is 2.76 bits per heavy atom. The van der Waals surface area contributed by atoms with Gasteiger partial charge in [0.2, 0.25) is 5.91 Å². The van der Waals surface area contributed by atoms with Gasteiger partial charge in [-0.2, -0.15) is 0 Å². The summed E-state index contributed by atoms with van der Waals surface area (Å²) >= 11 is 5.66. The number of hydrogen-bond acceptors (Lipinski definition) is 4. The number of halogens is 1. The maximum Gasteiger partial charge on any atom is 0.239 e. The average molecular weight is 461 g/mol. The molecular weight excluding hydrogens is 432 g/mol. The Labute approximate surface area is 200 Å². The van der Waals surface area contributed by atoms with Gasteiger partial charge in [-0.1, -0.05) is 25.1 Å². The molecule has 0 spiro atoms. The summed E-state index contributed by atoms with van der Waals surface area (Å²) < 4.78 is 0. The van der Waals surface area contributed by atoms with Crippen LogP contribution >= 0.6 is 11.6 Å². The van der Waals surface area contributed by atoms with E-state index in [1.54, 1.807) is 0 Å². The maximum atomic E-state index is 11.7. The third-order valence-electron chi connectivity index (χ3n) is 6.95. The molecule has 3 atom stereocenters. The highest BCUT2D eigenvalue weighted by Crippen LogP contribution is 2.48. The van der Waals surface area contributed by atoms with Crippen molar-refractivity contribution in [2.45, 2.75) is 38.4 Å². The molecule has 0 saturated carbocycles. The summed E-state index contributed by atoms with van der Waals surface area (Å²) in [4.78, 5) is 18.5. The third-order valence-corrected chi connectivity index (χ3v) is 7.20. The van der Waals surface area contributed by atoms with Crippen molar-refractivity contribution in [1.82, 2.24) is 9.88 Å². The lowest BCUT2D eigenvalue weighted by atomic mass is 9.81. The summed E-state index contributed by atoms with van der Waals surface area (Å²) in [7, 11) is 0. The number of rotatable bonds is 6. The Hall–Kier alpha value is -2.89. The minimum atomic E-state index is -0.199. The van der Waals surface area contributed by atoms with Gasteiger partial charge in [0.05, 0.1) is 0 Å². The van der Waals surface area contributed by atoms with Crippen LogP contribution in [0.25, 0.3) is 11.1 Å². The molecule has 0 aliphatic carbocycles. The van der Waals surface area contributed by atoms with Gasteiger partial charge in [-0.25, -0.2) is 0 Å². The molecule has 2 aromatic carbocycles. The predicted octanol–water partition coefficient (Wildman–Crippen LogP) is 5.69. The quantitative estimate of drug-likeness (QED) is 0.464. The van der Waals surface area contributed by atoms with Gasteiger partial charge in [0.25, 0.3) is 0 Å². The van der Waals surface area contributed by atoms with Crippen LogP contribution in [0.3, 0.4) is 0 Å². The van der Waals surface area contributed by atoms with E-state index >= 15 is 0 Å². The number of benzene rings is 2. The minimum absolute atomic E-state index is 0.0519. The third kappa shape index (κ3) is 4.48. The molecule has 2 aliphatic rings. The van der Waals surface area contributed by atoms with Gasteiger partial charge in [-0.15, -0.1) is 11.6 Å². The number of carbonyl (C=O) groups is 1. The monoisotopic (exact) mass is 460 g/mol. The largest absolute Gasteiger partial charge is 0.382 e. The standard InChI is InChI=1S/C27H29ClN4O/c1-2-24-22-10-13-32(17-18-8-11-29-12-9-18)27(22)23-15-20(6-7-25(23)31-24)19-4-3-5-21(14-19)30-26(33)16-28/h3-9,11-12,14-15,22,24,27,31H,2,10,13,16-17H2,1H3,(H,30,33)/t22-,24-,27-/m1/s1. The smallest absolute Gasteiger partial charge is 0.239 e. The summed E-state index contributed by atoms with van der Waals surface area (Å²) in [6, 6.07) is 19.8. The maximum absolute atomic E-state index is 11.7. The first-order valence-electron chi connectivity index (χ1n) is 11.7. The Kier molecular flexibility index (Phi) is 6.34. The van der Waals surface area contributed by atoms with Crippen molar-refractivity contribution in [1.29, 1.82) is 0 Å². The Morgan fingerprint density at radius 2 is 1.97 bits per heavy atom. The van der Waals surface area contributed by atoms with Crippen molar-refractivity contribution in [3.05, 3.63) is 78.1 Å². The fraction of sp³-hybridized carbons (Fsp3) is 0.333. The number of likely N-dealkylation sites (tertiary alicyclic amines) is 1. The van der Waals surface area contributed by atoms with E-state index in [1.165, 1.54) is 23.2 Å². The second-order valence-electron chi connectivity index (χ2n) is 8.95. The molecule has 0 bridgehead atoms. The second-order valence-corrected chi connectivity index (χ2v) is 9.21. The summed E-state index contributed by atoms with van der Waals surface area (Å²) in [6.07, 6.45) is 6.07. The number of anilines is 2. The van der Waals surface area contributed by atoms with Crippen molar-refractivity contribution >= 4 is 28.9 Å². The van der Waals surface area contributed by atoms with E-state index in [9.17, 15) is 4.79 Å². The van der Waals surface area contributed by atoms with Crippen LogP contribution < -0.4 is 10.6 Å². The van der Waals surface area contributed by atoms with Crippen LogP contribution in [-0.2, 0) is 11.3 Å². The molecule has 0 radical (unpaired) electrons. The molecule has 0 unspecified atom stereocenters. The van der Waals surface area contributed by atoms with Gasteiger partial charge >= 0.3 is 0 Å². The molecule has 33 heavy (non-hydrogen) atoms. The van der Waals surface area contributed by atoms with Crippen molar-refractivity contribution < 1.29 is 4.79 Å². The first-order chi connectivity index (χ1) is 16.2. The number of amides is 1. The number of hydrogen-bond donors (Lipinski definition) is 2. The molecule has 5 rings (SSSR count). The lowest BCUT2D eigenvalue weighted by molar-refractivity contribution is -0.113. The van der Waals surface area contributed by atoms with E-state index in [2.05, 4.69) is 63.8 Å². The number of carbonyl (C=O) groups excluding carboxylic acids is 1. The predicted molar refractivity (Wildman–Crippen MR) is 134 cm³/mol. The van der Waals surface area contributed by atoms with Crippen LogP contribution in [-0.4, -0.2) is 34.3 Å². The number of aromatic nitrogens is 1. The number of nitrogens with zero attached hydrogens (tertiary/aromatic N) is 2. The lowest BCUT2D eigenvalue weighted by Crippen LogP contribution is -2.38. The Bertz CT molecular complexity index is 1140. The lowest BCUT2D eigenvalue weighted by Gasteiger charge is -2.40. The van der Waals surface area contributed by atoms with Crippen LogP contribution in [0.2, 0.25) is 0 Å². The first kappa shape index (κ1) is 21.9. The summed E-state index contributed by atoms with van der Waals surface area (Å²) in [5.74, 6) is 0.340. The molecule has 2 aliphatic heterocycles. The summed E-state index contributed by atoms with van der Waals surface area (Å²) in [5, 5.41) is 6.67. The van der Waals surface area contributed by atoms with Crippen LogP contribution in [0.1, 0.15) is 36.9 Å². The zero-order valence-electron chi connectivity index (χ0n) is 18.8. The minimum Gasteiger partial charge on any atom is -0.382 e. The first-order valence-corrected chi connectivity index (χ1v) is 12.2. The summed E-state index contributed by atoms with van der Waals surface area (Å²) in [6.45, 7) is 4.31. The highest BCUT2D eigenvalue weighted by molar-refractivity contribution is 6.29. The van der Waals surface area contributed by atoms with Gasteiger partial charge in [-0.3, -0.25) is 14.7 Å². The topological polar surface area (TPSA) is 57.3 Å². The van der Waals surface area contributed by atoms with Crippen LogP contribution in [0.4, 0.5) is 11.4 Å². The fourth-order valence-electron chi connectivity index (χ4n) is 5.43. The van der Waals surface area contributed by atoms with Crippen molar-refractivity contribution in [3.63, 3.8) is 0 Å². The molecule has 1 aromatic heterocycles. The van der Waals surface area contributed by atoms with Gasteiger partial charge in [0, 0.05) is 48.3 Å². The summed E-state index contributed by atoms with van der Waals surface area (Å²) in [5.41, 5.74) is 6.90. The molecule has 3 aromatic rings. The van der Waals surface area contributed by atoms with E-state index in [1.807, 2.05) is 30.6 Å². The normalized spacial score (nSPS) is 21.7. The molecule has 1 fully saturated rings. The molecule has 1 amide bonds. The molecule has 170 valence electrons. The van der Waals surface area contributed by atoms with Gasteiger partial charge in [0.15, 0.2) is 0 Å². The zero-order chi connectivity index (χ0) is 22.8. The van der Waals surface area contributed by atoms with Crippen molar-refractivity contribution in [2.24, 2.45) is 5.92 Å². The number of nitrogens with one attached hydrogen (secondary N) is 2. The van der Waals surface area contributed by atoms with Crippen molar-refractivity contribution in [3.8, 4) is 11.1 Å². The molecule has 3 heterocycles. The Morgan fingerprint density at radius 1 is 1.15 bits per heavy atom. The Balaban J connectivity index is 1.49. The number of pyridine rings is 1. The number of alkyl halides is 1. The van der Waals surface area contributed by atoms with Crippen LogP contribution in [0.5, 0.6) is 0 Å². The highest BCUT2D eigenvalue weighted by atomic mass is 35.5. The van der Waals surface area contributed by atoms with Crippen LogP contribution in [0.15, 0.2) is 67.0 Å². The zero-order valence-corrected chi connectivity index (χ0v) is 19.6. The molecule has 6 heteroatoms. The highest BCUT2D eigenvalue weighted by Gasteiger charge is 2.43. The molecule has 1 saturated heterocycles. The van der Waals surface area contributed by atoms with E-state index in [0.717, 1.165) is 36.3 Å². The number of fused-ring (bicyclic) bond motifs is 3. The SMILES string of the molecule is CC[C@H]1Nc2ccc(-c3cccc(NC(=O)CCl)c3)cc2[C@H]2[C@@H]1CCN2Cc1ccncc1. The second kappa shape index (κ2) is 9.54. The molecule has 5 nitrogen and oxygen atoms in total. The van der Waals surface area contributed by atoms with E-state index < -0.39 is 0 Å².